The van der Waals surface area contributed by atoms with Crippen LogP contribution in [0.5, 0.6) is 0 Å². The number of likely N-dealkylation sites (tertiary alicyclic amines) is 1. The normalized spacial score (nSPS) is 23.3. The second kappa shape index (κ2) is 8.49. The van der Waals surface area contributed by atoms with Gasteiger partial charge in [-0.15, -0.1) is 12.4 Å². The van der Waals surface area contributed by atoms with Gasteiger partial charge in [0.1, 0.15) is 0 Å². The summed E-state index contributed by atoms with van der Waals surface area (Å²) in [5, 5.41) is 8.36. The lowest BCUT2D eigenvalue weighted by Crippen LogP contribution is -2.33. The third kappa shape index (κ3) is 3.71. The second-order valence-electron chi connectivity index (χ2n) is 8.61. The van der Waals surface area contributed by atoms with Crippen molar-refractivity contribution < 1.29 is 4.79 Å². The zero-order chi connectivity index (χ0) is 19.1. The van der Waals surface area contributed by atoms with E-state index in [-0.39, 0.29) is 18.3 Å². The predicted octanol–water partition coefficient (Wildman–Crippen LogP) is 3.42. The third-order valence-electron chi connectivity index (χ3n) is 7.03. The summed E-state index contributed by atoms with van der Waals surface area (Å²) >= 11 is 0. The summed E-state index contributed by atoms with van der Waals surface area (Å²) in [6.45, 7) is 6.14. The Morgan fingerprint density at radius 2 is 1.79 bits per heavy atom. The SMILES string of the molecule is CCc1ccc(-n2nc(C(=O)N3CC[C@@H]4CNC[C@@H]4CC3)c3c2CCC3)cc1.Cl. The summed E-state index contributed by atoms with van der Waals surface area (Å²) in [4.78, 5) is 15.5. The van der Waals surface area contributed by atoms with Crippen LogP contribution in [0.1, 0.15) is 53.5 Å². The largest absolute Gasteiger partial charge is 0.337 e. The molecule has 1 aromatic heterocycles. The molecule has 0 unspecified atom stereocenters. The Balaban J connectivity index is 0.00000205. The topological polar surface area (TPSA) is 50.2 Å². The molecule has 6 heteroatoms. The lowest BCUT2D eigenvalue weighted by molar-refractivity contribution is 0.0751. The van der Waals surface area contributed by atoms with Crippen LogP contribution in [0.4, 0.5) is 0 Å². The van der Waals surface area contributed by atoms with E-state index >= 15 is 0 Å². The van der Waals surface area contributed by atoms with Gasteiger partial charge in [0.15, 0.2) is 5.69 Å². The Bertz CT molecular complexity index is 862. The molecule has 0 radical (unpaired) electrons. The standard InChI is InChI=1S/C23H30N4O.ClH/c1-2-16-6-8-19(9-7-16)27-21-5-3-4-20(21)22(25-27)23(28)26-12-10-17-14-24-15-18(17)11-13-26;/h6-9,17-18,24H,2-5,10-15H2,1H3;1H/t17-,18+;. The minimum absolute atomic E-state index is 0. The van der Waals surface area contributed by atoms with Gasteiger partial charge in [0, 0.05) is 24.3 Å². The molecule has 29 heavy (non-hydrogen) atoms. The Kier molecular flexibility index (Phi) is 5.98. The molecule has 3 heterocycles. The van der Waals surface area contributed by atoms with Gasteiger partial charge in [-0.25, -0.2) is 4.68 Å². The number of carbonyl (C=O) groups excluding carboxylic acids is 1. The van der Waals surface area contributed by atoms with Gasteiger partial charge in [0.25, 0.3) is 5.91 Å². The molecule has 0 spiro atoms. The monoisotopic (exact) mass is 414 g/mol. The van der Waals surface area contributed by atoms with Gasteiger partial charge in [-0.05, 0) is 81.1 Å². The molecule has 1 aliphatic carbocycles. The number of hydrogen-bond acceptors (Lipinski definition) is 3. The van der Waals surface area contributed by atoms with Crippen LogP contribution in [-0.4, -0.2) is 46.8 Å². The van der Waals surface area contributed by atoms with Crippen molar-refractivity contribution in [2.75, 3.05) is 26.2 Å². The van der Waals surface area contributed by atoms with Crippen LogP contribution in [0, 0.1) is 11.8 Å². The highest BCUT2D eigenvalue weighted by molar-refractivity contribution is 5.94. The van der Waals surface area contributed by atoms with Crippen LogP contribution < -0.4 is 5.32 Å². The summed E-state index contributed by atoms with van der Waals surface area (Å²) in [6.07, 6.45) is 6.38. The molecule has 0 bridgehead atoms. The van der Waals surface area contributed by atoms with Crippen LogP contribution in [0.2, 0.25) is 0 Å². The lowest BCUT2D eigenvalue weighted by Gasteiger charge is -2.20. The minimum Gasteiger partial charge on any atom is -0.337 e. The van der Waals surface area contributed by atoms with Crippen LogP contribution in [0.25, 0.3) is 5.69 Å². The number of amides is 1. The molecule has 2 saturated heterocycles. The average Bonchev–Trinajstić information content (AvgIpc) is 3.42. The molecule has 1 aromatic carbocycles. The minimum atomic E-state index is 0. The van der Waals surface area contributed by atoms with E-state index in [0.29, 0.717) is 5.69 Å². The molecule has 156 valence electrons. The van der Waals surface area contributed by atoms with Gasteiger partial charge in [-0.1, -0.05) is 19.1 Å². The second-order valence-corrected chi connectivity index (χ2v) is 8.61. The van der Waals surface area contributed by atoms with E-state index in [0.717, 1.165) is 82.2 Å². The third-order valence-corrected chi connectivity index (χ3v) is 7.03. The van der Waals surface area contributed by atoms with Crippen LogP contribution in [-0.2, 0) is 19.3 Å². The Labute approximate surface area is 179 Å². The van der Waals surface area contributed by atoms with Crippen molar-refractivity contribution in [1.82, 2.24) is 20.0 Å². The number of nitrogens with one attached hydrogen (secondary N) is 1. The van der Waals surface area contributed by atoms with E-state index < -0.39 is 0 Å². The number of aryl methyl sites for hydroxylation is 1. The van der Waals surface area contributed by atoms with Gasteiger partial charge >= 0.3 is 0 Å². The maximum absolute atomic E-state index is 13.4. The number of benzene rings is 1. The van der Waals surface area contributed by atoms with E-state index in [2.05, 4.69) is 41.4 Å². The maximum atomic E-state index is 13.4. The number of hydrogen-bond donors (Lipinski definition) is 1. The molecular weight excluding hydrogens is 384 g/mol. The van der Waals surface area contributed by atoms with E-state index in [1.165, 1.54) is 16.8 Å². The number of fused-ring (bicyclic) bond motifs is 2. The molecule has 5 rings (SSSR count). The smallest absolute Gasteiger partial charge is 0.274 e. The van der Waals surface area contributed by atoms with Gasteiger partial charge in [-0.3, -0.25) is 4.79 Å². The van der Waals surface area contributed by atoms with Crippen LogP contribution in [0.3, 0.4) is 0 Å². The molecule has 3 aliphatic rings. The van der Waals surface area contributed by atoms with Crippen molar-refractivity contribution >= 4 is 18.3 Å². The number of nitrogens with zero attached hydrogens (tertiary/aromatic N) is 3. The molecular formula is C23H31ClN4O. The van der Waals surface area contributed by atoms with Gasteiger partial charge in [0.05, 0.1) is 5.69 Å². The van der Waals surface area contributed by atoms with Crippen molar-refractivity contribution in [3.63, 3.8) is 0 Å². The highest BCUT2D eigenvalue weighted by Gasteiger charge is 2.34. The first kappa shape index (κ1) is 20.4. The maximum Gasteiger partial charge on any atom is 0.274 e. The first-order chi connectivity index (χ1) is 13.7. The van der Waals surface area contributed by atoms with Crippen LogP contribution >= 0.6 is 12.4 Å². The van der Waals surface area contributed by atoms with Crippen LogP contribution in [0.15, 0.2) is 24.3 Å². The van der Waals surface area contributed by atoms with Gasteiger partial charge in [-0.2, -0.15) is 5.10 Å². The average molecular weight is 415 g/mol. The van der Waals surface area contributed by atoms with Gasteiger partial charge < -0.3 is 10.2 Å². The molecule has 2 aliphatic heterocycles. The summed E-state index contributed by atoms with van der Waals surface area (Å²) in [5.41, 5.74) is 5.54. The van der Waals surface area contributed by atoms with E-state index in [1.807, 2.05) is 4.68 Å². The van der Waals surface area contributed by atoms with Crippen molar-refractivity contribution in [3.05, 3.63) is 46.8 Å². The molecule has 2 fully saturated rings. The zero-order valence-electron chi connectivity index (χ0n) is 17.2. The van der Waals surface area contributed by atoms with Crippen molar-refractivity contribution in [2.24, 2.45) is 11.8 Å². The predicted molar refractivity (Wildman–Crippen MR) is 117 cm³/mol. The van der Waals surface area contributed by atoms with Crippen molar-refractivity contribution in [3.8, 4) is 5.69 Å². The molecule has 1 amide bonds. The first-order valence-corrected chi connectivity index (χ1v) is 10.9. The fourth-order valence-corrected chi connectivity index (χ4v) is 5.27. The summed E-state index contributed by atoms with van der Waals surface area (Å²) in [5.74, 6) is 1.62. The van der Waals surface area contributed by atoms with E-state index in [4.69, 9.17) is 5.10 Å². The molecule has 5 nitrogen and oxygen atoms in total. The van der Waals surface area contributed by atoms with Crippen molar-refractivity contribution in [1.29, 1.82) is 0 Å². The lowest BCUT2D eigenvalue weighted by atomic mass is 9.92. The molecule has 2 atom stereocenters. The highest BCUT2D eigenvalue weighted by Crippen LogP contribution is 2.31. The Morgan fingerprint density at radius 3 is 2.45 bits per heavy atom. The molecule has 1 N–H and O–H groups in total. The molecule has 0 saturated carbocycles. The number of aromatic nitrogens is 2. The number of halogens is 1. The Hall–Kier alpha value is -1.85. The van der Waals surface area contributed by atoms with Gasteiger partial charge in [0.2, 0.25) is 0 Å². The van der Waals surface area contributed by atoms with E-state index in [1.54, 1.807) is 0 Å². The highest BCUT2D eigenvalue weighted by atomic mass is 35.5. The van der Waals surface area contributed by atoms with E-state index in [9.17, 15) is 4.79 Å². The first-order valence-electron chi connectivity index (χ1n) is 10.9. The fraction of sp³-hybridized carbons (Fsp3) is 0.565. The Morgan fingerprint density at radius 1 is 1.10 bits per heavy atom. The fourth-order valence-electron chi connectivity index (χ4n) is 5.27. The summed E-state index contributed by atoms with van der Waals surface area (Å²) in [7, 11) is 0. The number of carbonyl (C=O) groups is 1. The molecule has 2 aromatic rings. The van der Waals surface area contributed by atoms with Crippen molar-refractivity contribution in [2.45, 2.75) is 45.4 Å². The zero-order valence-corrected chi connectivity index (χ0v) is 18.0. The summed E-state index contributed by atoms with van der Waals surface area (Å²) in [6, 6.07) is 8.61. The quantitative estimate of drug-likeness (QED) is 0.837. The summed E-state index contributed by atoms with van der Waals surface area (Å²) < 4.78 is 2.03. The number of rotatable bonds is 3.